The quantitative estimate of drug-likeness (QED) is 0.297. The molecule has 7 heteroatoms. The SMILES string of the molecule is CCNC(=NCc1nccn1CC(C)C)NC1CCN(C(C)c2ccccc2)CC1.I. The van der Waals surface area contributed by atoms with Crippen LogP contribution in [0.3, 0.4) is 0 Å². The highest BCUT2D eigenvalue weighted by Gasteiger charge is 2.24. The number of nitrogens with zero attached hydrogens (tertiary/aromatic N) is 4. The van der Waals surface area contributed by atoms with Crippen molar-refractivity contribution in [1.82, 2.24) is 25.1 Å². The van der Waals surface area contributed by atoms with Crippen LogP contribution in [0.5, 0.6) is 0 Å². The normalized spacial score (nSPS) is 16.7. The first-order valence-corrected chi connectivity index (χ1v) is 11.4. The van der Waals surface area contributed by atoms with Crippen LogP contribution < -0.4 is 10.6 Å². The molecule has 0 amide bonds. The van der Waals surface area contributed by atoms with E-state index in [0.717, 1.165) is 50.8 Å². The molecule has 0 saturated carbocycles. The van der Waals surface area contributed by atoms with Gasteiger partial charge in [-0.15, -0.1) is 24.0 Å². The van der Waals surface area contributed by atoms with Crippen LogP contribution in [0.25, 0.3) is 0 Å². The second kappa shape index (κ2) is 13.1. The molecule has 0 radical (unpaired) electrons. The molecule has 0 aliphatic carbocycles. The molecule has 1 fully saturated rings. The standard InChI is InChI=1S/C24H38N6.HI/c1-5-25-24(27-17-23-26-13-16-30(23)18-19(2)3)28-22-11-14-29(15-12-22)20(4)21-9-7-6-8-10-21;/h6-10,13,16,19-20,22H,5,11-12,14-15,17-18H2,1-4H3,(H2,25,27,28);1H. The molecule has 6 nitrogen and oxygen atoms in total. The molecule has 2 heterocycles. The van der Waals surface area contributed by atoms with Gasteiger partial charge in [0.2, 0.25) is 0 Å². The summed E-state index contributed by atoms with van der Waals surface area (Å²) in [6.45, 7) is 13.5. The molecule has 1 atom stereocenters. The van der Waals surface area contributed by atoms with Crippen molar-refractivity contribution in [2.45, 2.75) is 65.7 Å². The molecular formula is C24H39IN6. The van der Waals surface area contributed by atoms with E-state index in [1.807, 2.05) is 6.20 Å². The first-order valence-electron chi connectivity index (χ1n) is 11.4. The molecule has 2 N–H and O–H groups in total. The predicted octanol–water partition coefficient (Wildman–Crippen LogP) is 4.44. The van der Waals surface area contributed by atoms with Gasteiger partial charge in [0.25, 0.3) is 0 Å². The smallest absolute Gasteiger partial charge is 0.191 e. The maximum atomic E-state index is 4.82. The molecule has 1 aromatic heterocycles. The van der Waals surface area contributed by atoms with Crippen LogP contribution in [0.15, 0.2) is 47.7 Å². The summed E-state index contributed by atoms with van der Waals surface area (Å²) < 4.78 is 2.21. The second-order valence-electron chi connectivity index (χ2n) is 8.63. The van der Waals surface area contributed by atoms with Crippen molar-refractivity contribution in [3.8, 4) is 0 Å². The Balaban J connectivity index is 0.00000341. The summed E-state index contributed by atoms with van der Waals surface area (Å²) in [5.41, 5.74) is 1.40. The van der Waals surface area contributed by atoms with Gasteiger partial charge in [-0.2, -0.15) is 0 Å². The third kappa shape index (κ3) is 7.79. The monoisotopic (exact) mass is 538 g/mol. The Kier molecular flexibility index (Phi) is 10.8. The fourth-order valence-corrected chi connectivity index (χ4v) is 4.09. The van der Waals surface area contributed by atoms with E-state index in [1.54, 1.807) is 0 Å². The maximum absolute atomic E-state index is 4.82. The number of benzene rings is 1. The van der Waals surface area contributed by atoms with Crippen molar-refractivity contribution in [3.63, 3.8) is 0 Å². The minimum Gasteiger partial charge on any atom is -0.357 e. The van der Waals surface area contributed by atoms with Gasteiger partial charge >= 0.3 is 0 Å². The highest BCUT2D eigenvalue weighted by atomic mass is 127. The lowest BCUT2D eigenvalue weighted by Gasteiger charge is -2.37. The Morgan fingerprint density at radius 1 is 1.16 bits per heavy atom. The molecule has 1 aliphatic rings. The fourth-order valence-electron chi connectivity index (χ4n) is 4.09. The molecule has 1 aromatic carbocycles. The fraction of sp³-hybridized carbons (Fsp3) is 0.583. The summed E-state index contributed by atoms with van der Waals surface area (Å²) in [7, 11) is 0. The van der Waals surface area contributed by atoms with Gasteiger partial charge in [0, 0.05) is 50.7 Å². The number of hydrogen-bond acceptors (Lipinski definition) is 3. The molecular weight excluding hydrogens is 499 g/mol. The molecule has 0 bridgehead atoms. The van der Waals surface area contributed by atoms with Crippen LogP contribution in [0, 0.1) is 5.92 Å². The molecule has 1 saturated heterocycles. The van der Waals surface area contributed by atoms with Crippen LogP contribution in [0.2, 0.25) is 0 Å². The summed E-state index contributed by atoms with van der Waals surface area (Å²) >= 11 is 0. The van der Waals surface area contributed by atoms with Crippen LogP contribution in [-0.4, -0.2) is 46.1 Å². The van der Waals surface area contributed by atoms with Crippen molar-refractivity contribution < 1.29 is 0 Å². The van der Waals surface area contributed by atoms with E-state index in [-0.39, 0.29) is 24.0 Å². The average molecular weight is 539 g/mol. The third-order valence-electron chi connectivity index (χ3n) is 5.79. The van der Waals surface area contributed by atoms with Crippen LogP contribution in [0.1, 0.15) is 58.0 Å². The summed E-state index contributed by atoms with van der Waals surface area (Å²) in [5, 5.41) is 7.05. The molecule has 31 heavy (non-hydrogen) atoms. The number of aromatic nitrogens is 2. The number of guanidine groups is 1. The Morgan fingerprint density at radius 2 is 1.87 bits per heavy atom. The van der Waals surface area contributed by atoms with Crippen LogP contribution in [0.4, 0.5) is 0 Å². The first-order chi connectivity index (χ1) is 14.6. The minimum atomic E-state index is 0. The number of hydrogen-bond donors (Lipinski definition) is 2. The van der Waals surface area contributed by atoms with E-state index in [0.29, 0.717) is 24.5 Å². The van der Waals surface area contributed by atoms with Crippen molar-refractivity contribution in [2.75, 3.05) is 19.6 Å². The Hall–Kier alpha value is -1.61. The largest absolute Gasteiger partial charge is 0.357 e. The Morgan fingerprint density at radius 3 is 2.52 bits per heavy atom. The Labute approximate surface area is 204 Å². The third-order valence-corrected chi connectivity index (χ3v) is 5.79. The molecule has 0 spiro atoms. The van der Waals surface area contributed by atoms with E-state index < -0.39 is 0 Å². The zero-order valence-electron chi connectivity index (χ0n) is 19.4. The maximum Gasteiger partial charge on any atom is 0.191 e. The highest BCUT2D eigenvalue weighted by Crippen LogP contribution is 2.24. The number of imidazole rings is 1. The molecule has 3 rings (SSSR count). The highest BCUT2D eigenvalue weighted by molar-refractivity contribution is 14.0. The van der Waals surface area contributed by atoms with Crippen molar-refractivity contribution in [3.05, 3.63) is 54.1 Å². The number of piperidine rings is 1. The van der Waals surface area contributed by atoms with Crippen molar-refractivity contribution in [1.29, 1.82) is 0 Å². The molecule has 1 aliphatic heterocycles. The Bertz CT molecular complexity index is 780. The minimum absolute atomic E-state index is 0. The number of aliphatic imine (C=N–C) groups is 1. The van der Waals surface area contributed by atoms with E-state index >= 15 is 0 Å². The van der Waals surface area contributed by atoms with E-state index in [2.05, 4.69) is 89.3 Å². The lowest BCUT2D eigenvalue weighted by Crippen LogP contribution is -2.49. The van der Waals surface area contributed by atoms with Gasteiger partial charge in [-0.1, -0.05) is 44.2 Å². The van der Waals surface area contributed by atoms with E-state index in [1.165, 1.54) is 5.56 Å². The van der Waals surface area contributed by atoms with E-state index in [4.69, 9.17) is 4.99 Å². The summed E-state index contributed by atoms with van der Waals surface area (Å²) in [6, 6.07) is 11.7. The molecule has 172 valence electrons. The predicted molar refractivity (Wildman–Crippen MR) is 140 cm³/mol. The van der Waals surface area contributed by atoms with E-state index in [9.17, 15) is 0 Å². The number of halogens is 1. The lowest BCUT2D eigenvalue weighted by molar-refractivity contribution is 0.158. The summed E-state index contributed by atoms with van der Waals surface area (Å²) in [6.07, 6.45) is 6.18. The van der Waals surface area contributed by atoms with Gasteiger partial charge in [-0.25, -0.2) is 9.98 Å². The molecule has 2 aromatic rings. The average Bonchev–Trinajstić information content (AvgIpc) is 3.19. The van der Waals surface area contributed by atoms with Gasteiger partial charge < -0.3 is 15.2 Å². The van der Waals surface area contributed by atoms with Gasteiger partial charge in [0.15, 0.2) is 5.96 Å². The van der Waals surface area contributed by atoms with Crippen molar-refractivity contribution in [2.24, 2.45) is 10.9 Å². The number of likely N-dealkylation sites (tertiary alicyclic amines) is 1. The van der Waals surface area contributed by atoms with Gasteiger partial charge in [0.05, 0.1) is 0 Å². The van der Waals surface area contributed by atoms with Gasteiger partial charge in [-0.3, -0.25) is 4.90 Å². The second-order valence-corrected chi connectivity index (χ2v) is 8.63. The molecule has 1 unspecified atom stereocenters. The van der Waals surface area contributed by atoms with Crippen LogP contribution >= 0.6 is 24.0 Å². The lowest BCUT2D eigenvalue weighted by atomic mass is 10.0. The van der Waals surface area contributed by atoms with Crippen LogP contribution in [-0.2, 0) is 13.1 Å². The summed E-state index contributed by atoms with van der Waals surface area (Å²) in [4.78, 5) is 11.9. The number of nitrogens with one attached hydrogen (secondary N) is 2. The van der Waals surface area contributed by atoms with Crippen molar-refractivity contribution >= 4 is 29.9 Å². The first kappa shape index (κ1) is 25.6. The van der Waals surface area contributed by atoms with Gasteiger partial charge in [0.1, 0.15) is 12.4 Å². The van der Waals surface area contributed by atoms with Gasteiger partial charge in [-0.05, 0) is 38.2 Å². The zero-order chi connectivity index (χ0) is 21.3. The summed E-state index contributed by atoms with van der Waals surface area (Å²) in [5.74, 6) is 2.51. The number of rotatable bonds is 8. The topological polar surface area (TPSA) is 57.5 Å². The zero-order valence-corrected chi connectivity index (χ0v) is 21.8.